The molecule has 0 fully saturated rings. The summed E-state index contributed by atoms with van der Waals surface area (Å²) in [7, 11) is 0. The molecule has 1 aromatic heterocycles. The first-order valence-corrected chi connectivity index (χ1v) is 3.21. The molecule has 1 aromatic rings. The Balaban J connectivity index is 2.69. The summed E-state index contributed by atoms with van der Waals surface area (Å²) in [5.41, 5.74) is 5.11. The third-order valence-corrected chi connectivity index (χ3v) is 1.35. The number of alkyl halides is 1. The molecule has 0 aliphatic heterocycles. The molecule has 6 heteroatoms. The van der Waals surface area contributed by atoms with Crippen LogP contribution >= 0.6 is 0 Å². The van der Waals surface area contributed by atoms with Crippen molar-refractivity contribution in [1.82, 2.24) is 9.97 Å². The Morgan fingerprint density at radius 3 is 3.00 bits per heavy atom. The number of halogens is 1. The fourth-order valence-corrected chi connectivity index (χ4v) is 0.727. The van der Waals surface area contributed by atoms with Gasteiger partial charge in [0, 0.05) is 6.20 Å². The lowest BCUT2D eigenvalue weighted by molar-refractivity contribution is -0.150. The number of H-pyrrole nitrogens is 1. The molecule has 0 amide bonds. The summed E-state index contributed by atoms with van der Waals surface area (Å²) in [5, 5.41) is 8.30. The summed E-state index contributed by atoms with van der Waals surface area (Å²) >= 11 is 0. The van der Waals surface area contributed by atoms with Gasteiger partial charge < -0.3 is 10.1 Å². The molecule has 0 bridgehead atoms. The van der Waals surface area contributed by atoms with Crippen molar-refractivity contribution in [1.29, 1.82) is 0 Å². The highest BCUT2D eigenvalue weighted by Gasteiger charge is 2.34. The average molecular weight is 173 g/mol. The highest BCUT2D eigenvalue weighted by atomic mass is 19.1. The van der Waals surface area contributed by atoms with Crippen molar-refractivity contribution in [3.8, 4) is 0 Å². The number of hydrogen-bond donors (Lipinski definition) is 3. The molecule has 0 radical (unpaired) electrons. The van der Waals surface area contributed by atoms with Gasteiger partial charge in [-0.05, 0) is 0 Å². The topological polar surface area (TPSA) is 92.0 Å². The predicted octanol–water partition coefficient (Wildman–Crippen LogP) is -0.339. The van der Waals surface area contributed by atoms with Crippen LogP contribution in [-0.4, -0.2) is 26.8 Å². The van der Waals surface area contributed by atoms with Gasteiger partial charge in [-0.3, -0.25) is 5.73 Å². The number of aliphatic carboxylic acids is 1. The van der Waals surface area contributed by atoms with Crippen LogP contribution in [0.15, 0.2) is 12.5 Å². The zero-order chi connectivity index (χ0) is 9.19. The van der Waals surface area contributed by atoms with Crippen LogP contribution in [0.5, 0.6) is 0 Å². The van der Waals surface area contributed by atoms with Crippen molar-refractivity contribution in [2.45, 2.75) is 12.2 Å². The van der Waals surface area contributed by atoms with Crippen LogP contribution < -0.4 is 5.73 Å². The van der Waals surface area contributed by atoms with E-state index in [-0.39, 0.29) is 5.69 Å². The largest absolute Gasteiger partial charge is 0.478 e. The zero-order valence-corrected chi connectivity index (χ0v) is 6.12. The molecule has 0 aliphatic carbocycles. The van der Waals surface area contributed by atoms with Crippen molar-refractivity contribution in [2.24, 2.45) is 5.73 Å². The van der Waals surface area contributed by atoms with Crippen LogP contribution in [0.1, 0.15) is 5.69 Å². The van der Waals surface area contributed by atoms with Crippen LogP contribution in [0.3, 0.4) is 0 Å². The van der Waals surface area contributed by atoms with Crippen molar-refractivity contribution in [3.05, 3.63) is 18.2 Å². The molecular formula is C6H8FN3O2. The van der Waals surface area contributed by atoms with Gasteiger partial charge in [0.15, 0.2) is 0 Å². The van der Waals surface area contributed by atoms with Gasteiger partial charge in [-0.1, -0.05) is 0 Å². The number of aromatic nitrogens is 2. The maximum Gasteiger partial charge on any atom is 0.357 e. The molecule has 1 rings (SSSR count). The van der Waals surface area contributed by atoms with E-state index in [0.717, 1.165) is 0 Å². The van der Waals surface area contributed by atoms with Crippen LogP contribution in [0.4, 0.5) is 4.39 Å². The van der Waals surface area contributed by atoms with E-state index in [0.29, 0.717) is 0 Å². The summed E-state index contributed by atoms with van der Waals surface area (Å²) in [4.78, 5) is 16.4. The minimum Gasteiger partial charge on any atom is -0.478 e. The third kappa shape index (κ3) is 1.79. The highest BCUT2D eigenvalue weighted by molar-refractivity contribution is 5.76. The molecular weight excluding hydrogens is 165 g/mol. The van der Waals surface area contributed by atoms with Gasteiger partial charge in [0.2, 0.25) is 0 Å². The number of aromatic amines is 1. The molecule has 4 N–H and O–H groups in total. The standard InChI is InChI=1S/C6H8FN3O2/c7-6(8,5(11)12)1-4-2-9-3-10-4/h2-3H,1,8H2,(H,9,10)(H,11,12)/t6-/m0/s1. The van der Waals surface area contributed by atoms with Crippen LogP contribution in [-0.2, 0) is 11.2 Å². The van der Waals surface area contributed by atoms with Crippen LogP contribution in [0.2, 0.25) is 0 Å². The number of carboxylic acids is 1. The predicted molar refractivity (Wildman–Crippen MR) is 38.0 cm³/mol. The Bertz CT molecular complexity index is 270. The fraction of sp³-hybridized carbons (Fsp3) is 0.333. The number of carbonyl (C=O) groups is 1. The lowest BCUT2D eigenvalue weighted by atomic mass is 10.1. The molecule has 0 saturated heterocycles. The van der Waals surface area contributed by atoms with Gasteiger partial charge in [0.25, 0.3) is 5.79 Å². The van der Waals surface area contributed by atoms with Gasteiger partial charge in [-0.2, -0.15) is 0 Å². The van der Waals surface area contributed by atoms with E-state index in [4.69, 9.17) is 10.8 Å². The van der Waals surface area contributed by atoms with Crippen LogP contribution in [0, 0.1) is 0 Å². The molecule has 1 atom stereocenters. The number of rotatable bonds is 3. The molecule has 12 heavy (non-hydrogen) atoms. The normalized spacial score (nSPS) is 15.5. The number of nitrogens with two attached hydrogens (primary N) is 1. The molecule has 1 heterocycles. The monoisotopic (exact) mass is 173 g/mol. The number of imidazole rings is 1. The van der Waals surface area contributed by atoms with Gasteiger partial charge in [-0.15, -0.1) is 0 Å². The molecule has 66 valence electrons. The second-order valence-corrected chi connectivity index (χ2v) is 2.40. The second-order valence-electron chi connectivity index (χ2n) is 2.40. The van der Waals surface area contributed by atoms with Gasteiger partial charge in [-0.25, -0.2) is 14.2 Å². The van der Waals surface area contributed by atoms with E-state index in [9.17, 15) is 9.18 Å². The number of hydrogen-bond acceptors (Lipinski definition) is 3. The summed E-state index contributed by atoms with van der Waals surface area (Å²) in [6.45, 7) is 0. The maximum atomic E-state index is 12.9. The summed E-state index contributed by atoms with van der Waals surface area (Å²) in [6.07, 6.45) is 2.28. The van der Waals surface area contributed by atoms with Gasteiger partial charge in [0.1, 0.15) is 0 Å². The first-order valence-electron chi connectivity index (χ1n) is 3.21. The number of nitrogens with zero attached hydrogens (tertiary/aromatic N) is 1. The van der Waals surface area contributed by atoms with E-state index in [1.807, 2.05) is 0 Å². The van der Waals surface area contributed by atoms with E-state index < -0.39 is 18.2 Å². The van der Waals surface area contributed by atoms with Crippen molar-refractivity contribution < 1.29 is 14.3 Å². The highest BCUT2D eigenvalue weighted by Crippen LogP contribution is 2.09. The molecule has 0 aromatic carbocycles. The number of carboxylic acid groups (broad SMARTS) is 1. The minimum atomic E-state index is -2.74. The molecule has 5 nitrogen and oxygen atoms in total. The maximum absolute atomic E-state index is 12.9. The Labute approximate surface area is 67.4 Å². The van der Waals surface area contributed by atoms with Crippen LogP contribution in [0.25, 0.3) is 0 Å². The lowest BCUT2D eigenvalue weighted by Crippen LogP contribution is -2.45. The van der Waals surface area contributed by atoms with E-state index in [1.165, 1.54) is 12.5 Å². The Kier molecular flexibility index (Phi) is 2.09. The Morgan fingerprint density at radius 2 is 2.58 bits per heavy atom. The third-order valence-electron chi connectivity index (χ3n) is 1.35. The zero-order valence-electron chi connectivity index (χ0n) is 6.12. The van der Waals surface area contributed by atoms with E-state index in [2.05, 4.69) is 9.97 Å². The van der Waals surface area contributed by atoms with Crippen molar-refractivity contribution in [2.75, 3.05) is 0 Å². The quantitative estimate of drug-likeness (QED) is 0.545. The SMILES string of the molecule is N[C@@](F)(Cc1c[nH]cn1)C(=O)O. The first-order chi connectivity index (χ1) is 5.52. The summed E-state index contributed by atoms with van der Waals surface area (Å²) < 4.78 is 12.9. The smallest absolute Gasteiger partial charge is 0.357 e. The second kappa shape index (κ2) is 2.90. The number of nitrogens with one attached hydrogen (secondary N) is 1. The van der Waals surface area contributed by atoms with E-state index in [1.54, 1.807) is 0 Å². The fourth-order valence-electron chi connectivity index (χ4n) is 0.727. The molecule has 0 spiro atoms. The van der Waals surface area contributed by atoms with Gasteiger partial charge >= 0.3 is 5.97 Å². The summed E-state index contributed by atoms with van der Waals surface area (Å²) in [6, 6.07) is 0. The average Bonchev–Trinajstić information content (AvgIpc) is 2.38. The Hall–Kier alpha value is -1.43. The van der Waals surface area contributed by atoms with Crippen molar-refractivity contribution >= 4 is 5.97 Å². The summed E-state index contributed by atoms with van der Waals surface area (Å²) in [5.74, 6) is -4.43. The minimum absolute atomic E-state index is 0.280. The van der Waals surface area contributed by atoms with Gasteiger partial charge in [0.05, 0.1) is 18.4 Å². The first kappa shape index (κ1) is 8.66. The molecule has 0 aliphatic rings. The molecule has 0 unspecified atom stereocenters. The van der Waals surface area contributed by atoms with Crippen molar-refractivity contribution in [3.63, 3.8) is 0 Å². The molecule has 0 saturated carbocycles. The Morgan fingerprint density at radius 1 is 1.92 bits per heavy atom. The lowest BCUT2D eigenvalue weighted by Gasteiger charge is -2.12. The van der Waals surface area contributed by atoms with E-state index >= 15 is 0 Å².